The van der Waals surface area contributed by atoms with Crippen molar-refractivity contribution in [3.05, 3.63) is 30.5 Å². The molecule has 0 saturated heterocycles. The van der Waals surface area contributed by atoms with Gasteiger partial charge in [-0.25, -0.2) is 4.98 Å². The van der Waals surface area contributed by atoms with E-state index in [-0.39, 0.29) is 0 Å². The normalized spacial score (nSPS) is 10.2. The topological polar surface area (TPSA) is 80.7 Å². The average molecular weight is 174 g/mol. The molecule has 0 bridgehead atoms. The van der Waals surface area contributed by atoms with Crippen molar-refractivity contribution in [3.63, 3.8) is 0 Å². The third-order valence-corrected chi connectivity index (χ3v) is 1.78. The average Bonchev–Trinajstić information content (AvgIpc) is 2.53. The third kappa shape index (κ3) is 1.46. The predicted molar refractivity (Wildman–Crippen MR) is 52.8 cm³/mol. The van der Waals surface area contributed by atoms with E-state index < -0.39 is 0 Å². The van der Waals surface area contributed by atoms with Crippen molar-refractivity contribution < 1.29 is 0 Å². The molecule has 0 aliphatic rings. The first-order chi connectivity index (χ1) is 6.25. The number of nitrogens with one attached hydrogen (secondary N) is 1. The fourth-order valence-electron chi connectivity index (χ4n) is 1.12. The van der Waals surface area contributed by atoms with Gasteiger partial charge < -0.3 is 16.5 Å². The lowest BCUT2D eigenvalue weighted by Crippen LogP contribution is -1.86. The molecule has 13 heavy (non-hydrogen) atoms. The molecule has 0 unspecified atom stereocenters. The molecule has 0 aliphatic carbocycles. The molecule has 1 aromatic carbocycles. The van der Waals surface area contributed by atoms with Gasteiger partial charge in [0.1, 0.15) is 11.6 Å². The maximum Gasteiger partial charge on any atom is 0.138 e. The van der Waals surface area contributed by atoms with Gasteiger partial charge >= 0.3 is 0 Å². The van der Waals surface area contributed by atoms with E-state index in [4.69, 9.17) is 11.5 Å². The SMILES string of the molecule is Nc1ccc(-c2ncc(N)[nH]2)cc1. The Morgan fingerprint density at radius 2 is 1.77 bits per heavy atom. The van der Waals surface area contributed by atoms with E-state index in [1.54, 1.807) is 6.20 Å². The van der Waals surface area contributed by atoms with Gasteiger partial charge in [0, 0.05) is 11.3 Å². The Kier molecular flexibility index (Phi) is 1.66. The summed E-state index contributed by atoms with van der Waals surface area (Å²) in [4.78, 5) is 7.03. The summed E-state index contributed by atoms with van der Waals surface area (Å²) in [7, 11) is 0. The Balaban J connectivity index is 2.41. The highest BCUT2D eigenvalue weighted by Crippen LogP contribution is 2.17. The second-order valence-corrected chi connectivity index (χ2v) is 2.81. The van der Waals surface area contributed by atoms with Gasteiger partial charge in [-0.1, -0.05) is 0 Å². The standard InChI is InChI=1S/C9H10N4/c10-7-3-1-6(2-4-7)9-12-5-8(11)13-9/h1-5H,10-11H2,(H,12,13). The molecule has 1 heterocycles. The van der Waals surface area contributed by atoms with Crippen molar-refractivity contribution in [1.82, 2.24) is 9.97 Å². The lowest BCUT2D eigenvalue weighted by Gasteiger charge is -1.96. The lowest BCUT2D eigenvalue weighted by atomic mass is 10.2. The first-order valence-electron chi connectivity index (χ1n) is 3.92. The van der Waals surface area contributed by atoms with Crippen LogP contribution in [-0.2, 0) is 0 Å². The van der Waals surface area contributed by atoms with Crippen LogP contribution in [0.1, 0.15) is 0 Å². The smallest absolute Gasteiger partial charge is 0.138 e. The molecule has 1 aromatic heterocycles. The molecule has 0 fully saturated rings. The zero-order chi connectivity index (χ0) is 9.26. The number of H-pyrrole nitrogens is 1. The minimum absolute atomic E-state index is 0.562. The van der Waals surface area contributed by atoms with Crippen LogP contribution >= 0.6 is 0 Å². The van der Waals surface area contributed by atoms with E-state index in [0.29, 0.717) is 5.82 Å². The molecular weight excluding hydrogens is 164 g/mol. The van der Waals surface area contributed by atoms with Gasteiger partial charge in [-0.05, 0) is 24.3 Å². The van der Waals surface area contributed by atoms with Crippen molar-refractivity contribution in [1.29, 1.82) is 0 Å². The Hall–Kier alpha value is -1.97. The number of anilines is 2. The first-order valence-corrected chi connectivity index (χ1v) is 3.92. The molecular formula is C9H10N4. The molecule has 5 N–H and O–H groups in total. The molecule has 66 valence electrons. The third-order valence-electron chi connectivity index (χ3n) is 1.78. The molecule has 2 aromatic rings. The zero-order valence-electron chi connectivity index (χ0n) is 6.99. The summed E-state index contributed by atoms with van der Waals surface area (Å²) >= 11 is 0. The maximum absolute atomic E-state index is 5.55. The highest BCUT2D eigenvalue weighted by molar-refractivity contribution is 5.60. The van der Waals surface area contributed by atoms with Crippen LogP contribution in [-0.4, -0.2) is 9.97 Å². The molecule has 0 saturated carbocycles. The monoisotopic (exact) mass is 174 g/mol. The van der Waals surface area contributed by atoms with Gasteiger partial charge in [-0.2, -0.15) is 0 Å². The number of rotatable bonds is 1. The Morgan fingerprint density at radius 3 is 2.31 bits per heavy atom. The van der Waals surface area contributed by atoms with Gasteiger partial charge in [0.05, 0.1) is 6.20 Å². The second kappa shape index (κ2) is 2.82. The lowest BCUT2D eigenvalue weighted by molar-refractivity contribution is 1.31. The van der Waals surface area contributed by atoms with Crippen molar-refractivity contribution in [2.24, 2.45) is 0 Å². The highest BCUT2D eigenvalue weighted by Gasteiger charge is 2.00. The van der Waals surface area contributed by atoms with Crippen molar-refractivity contribution in [3.8, 4) is 11.4 Å². The number of imidazole rings is 1. The molecule has 0 radical (unpaired) electrons. The van der Waals surface area contributed by atoms with Gasteiger partial charge in [0.2, 0.25) is 0 Å². The Labute approximate surface area is 75.6 Å². The molecule has 0 aliphatic heterocycles. The van der Waals surface area contributed by atoms with E-state index in [0.717, 1.165) is 17.1 Å². The van der Waals surface area contributed by atoms with E-state index in [1.807, 2.05) is 24.3 Å². The fraction of sp³-hybridized carbons (Fsp3) is 0. The van der Waals surface area contributed by atoms with Gasteiger partial charge in [-0.3, -0.25) is 0 Å². The number of benzene rings is 1. The largest absolute Gasteiger partial charge is 0.399 e. The molecule has 0 amide bonds. The van der Waals surface area contributed by atoms with Gasteiger partial charge in [0.25, 0.3) is 0 Å². The van der Waals surface area contributed by atoms with Crippen molar-refractivity contribution in [2.45, 2.75) is 0 Å². The number of aromatic nitrogens is 2. The highest BCUT2D eigenvalue weighted by atomic mass is 15.0. The van der Waals surface area contributed by atoms with E-state index in [1.165, 1.54) is 0 Å². The van der Waals surface area contributed by atoms with Crippen LogP contribution in [0.15, 0.2) is 30.5 Å². The summed E-state index contributed by atoms with van der Waals surface area (Å²) < 4.78 is 0. The van der Waals surface area contributed by atoms with Crippen LogP contribution in [0.2, 0.25) is 0 Å². The van der Waals surface area contributed by atoms with Crippen LogP contribution in [0, 0.1) is 0 Å². The number of hydrogen-bond donors (Lipinski definition) is 3. The minimum Gasteiger partial charge on any atom is -0.399 e. The number of hydrogen-bond acceptors (Lipinski definition) is 3. The Morgan fingerprint density at radius 1 is 1.08 bits per heavy atom. The summed E-state index contributed by atoms with van der Waals surface area (Å²) in [6, 6.07) is 7.45. The number of nitrogens with zero attached hydrogens (tertiary/aromatic N) is 1. The summed E-state index contributed by atoms with van der Waals surface area (Å²) in [6.45, 7) is 0. The van der Waals surface area contributed by atoms with Crippen LogP contribution < -0.4 is 11.5 Å². The molecule has 0 atom stereocenters. The van der Waals surface area contributed by atoms with E-state index in [2.05, 4.69) is 9.97 Å². The number of nitrogens with two attached hydrogens (primary N) is 2. The summed E-state index contributed by atoms with van der Waals surface area (Å²) in [5.74, 6) is 1.32. The van der Waals surface area contributed by atoms with Crippen LogP contribution in [0.3, 0.4) is 0 Å². The van der Waals surface area contributed by atoms with E-state index >= 15 is 0 Å². The predicted octanol–water partition coefficient (Wildman–Crippen LogP) is 1.24. The Bertz CT molecular complexity index is 402. The maximum atomic E-state index is 5.55. The summed E-state index contributed by atoms with van der Waals surface area (Å²) in [6.07, 6.45) is 1.59. The number of aromatic amines is 1. The molecule has 0 spiro atoms. The minimum atomic E-state index is 0.562. The summed E-state index contributed by atoms with van der Waals surface area (Å²) in [5, 5.41) is 0. The van der Waals surface area contributed by atoms with Gasteiger partial charge in [0.15, 0.2) is 0 Å². The first kappa shape index (κ1) is 7.67. The van der Waals surface area contributed by atoms with Crippen molar-refractivity contribution >= 4 is 11.5 Å². The van der Waals surface area contributed by atoms with Crippen molar-refractivity contribution in [2.75, 3.05) is 11.5 Å². The second-order valence-electron chi connectivity index (χ2n) is 2.81. The molecule has 2 rings (SSSR count). The molecule has 4 nitrogen and oxygen atoms in total. The molecule has 4 heteroatoms. The van der Waals surface area contributed by atoms with E-state index in [9.17, 15) is 0 Å². The van der Waals surface area contributed by atoms with Gasteiger partial charge in [-0.15, -0.1) is 0 Å². The number of nitrogen functional groups attached to an aromatic ring is 2. The van der Waals surface area contributed by atoms with Crippen LogP contribution in [0.25, 0.3) is 11.4 Å². The van der Waals surface area contributed by atoms with Crippen LogP contribution in [0.5, 0.6) is 0 Å². The summed E-state index contributed by atoms with van der Waals surface area (Å²) in [5.41, 5.74) is 12.8. The van der Waals surface area contributed by atoms with Crippen LogP contribution in [0.4, 0.5) is 11.5 Å². The zero-order valence-corrected chi connectivity index (χ0v) is 6.99. The quantitative estimate of drug-likeness (QED) is 0.569. The fourth-order valence-corrected chi connectivity index (χ4v) is 1.12.